The molecule has 4 aliphatic rings. The summed E-state index contributed by atoms with van der Waals surface area (Å²) in [5.41, 5.74) is 8.40. The number of ether oxygens (including phenoxy) is 1. The average Bonchev–Trinajstić information content (AvgIpc) is 2.45. The Hall–Kier alpha value is -1.02. The van der Waals surface area contributed by atoms with Gasteiger partial charge >= 0.3 is 0 Å². The fraction of sp³-hybridized carbons (Fsp3) is 0.684. The van der Waals surface area contributed by atoms with Gasteiger partial charge in [-0.2, -0.15) is 0 Å². The van der Waals surface area contributed by atoms with Crippen molar-refractivity contribution in [2.24, 2.45) is 28.9 Å². The zero-order chi connectivity index (χ0) is 14.4. The second kappa shape index (κ2) is 5.01. The molecule has 1 unspecified atom stereocenters. The summed E-state index contributed by atoms with van der Waals surface area (Å²) in [7, 11) is 1.71. The SMILES string of the molecule is COc1ccc(C(N)CC23CC4CC(CC(C4)C2)C3)cc1. The van der Waals surface area contributed by atoms with E-state index in [1.54, 1.807) is 7.11 Å². The third-order valence-electron chi connectivity index (χ3n) is 6.36. The molecule has 0 amide bonds. The van der Waals surface area contributed by atoms with Crippen LogP contribution in [-0.4, -0.2) is 7.11 Å². The molecule has 2 N–H and O–H groups in total. The van der Waals surface area contributed by atoms with E-state index in [9.17, 15) is 0 Å². The molecule has 1 atom stereocenters. The number of hydrogen-bond donors (Lipinski definition) is 1. The Morgan fingerprint density at radius 3 is 2.05 bits per heavy atom. The lowest BCUT2D eigenvalue weighted by Gasteiger charge is -2.57. The van der Waals surface area contributed by atoms with E-state index in [-0.39, 0.29) is 6.04 Å². The lowest BCUT2D eigenvalue weighted by atomic mass is 9.48. The molecule has 2 heteroatoms. The van der Waals surface area contributed by atoms with Crippen LogP contribution in [0.2, 0.25) is 0 Å². The van der Waals surface area contributed by atoms with Gasteiger partial charge < -0.3 is 10.5 Å². The monoisotopic (exact) mass is 285 g/mol. The predicted molar refractivity (Wildman–Crippen MR) is 85.1 cm³/mol. The molecule has 4 bridgehead atoms. The third kappa shape index (κ3) is 2.48. The Labute approximate surface area is 128 Å². The van der Waals surface area contributed by atoms with Gasteiger partial charge in [0.15, 0.2) is 0 Å². The Morgan fingerprint density at radius 2 is 1.57 bits per heavy atom. The molecule has 4 fully saturated rings. The molecule has 2 nitrogen and oxygen atoms in total. The van der Waals surface area contributed by atoms with Crippen molar-refractivity contribution in [3.05, 3.63) is 29.8 Å². The van der Waals surface area contributed by atoms with Crippen LogP contribution in [0.4, 0.5) is 0 Å². The van der Waals surface area contributed by atoms with Gasteiger partial charge in [-0.25, -0.2) is 0 Å². The van der Waals surface area contributed by atoms with Gasteiger partial charge in [-0.15, -0.1) is 0 Å². The average molecular weight is 285 g/mol. The molecule has 1 aromatic rings. The van der Waals surface area contributed by atoms with Crippen LogP contribution in [0.15, 0.2) is 24.3 Å². The van der Waals surface area contributed by atoms with Crippen molar-refractivity contribution in [1.29, 1.82) is 0 Å². The summed E-state index contributed by atoms with van der Waals surface area (Å²) >= 11 is 0. The summed E-state index contributed by atoms with van der Waals surface area (Å²) < 4.78 is 5.24. The topological polar surface area (TPSA) is 35.2 Å². The molecular formula is C19H27NO. The number of benzene rings is 1. The van der Waals surface area contributed by atoms with Crippen molar-refractivity contribution in [3.8, 4) is 5.75 Å². The van der Waals surface area contributed by atoms with Gasteiger partial charge in [0.1, 0.15) is 5.75 Å². The van der Waals surface area contributed by atoms with Gasteiger partial charge in [0, 0.05) is 6.04 Å². The molecule has 4 saturated carbocycles. The van der Waals surface area contributed by atoms with Crippen LogP contribution < -0.4 is 10.5 Å². The van der Waals surface area contributed by atoms with E-state index >= 15 is 0 Å². The molecule has 0 aromatic heterocycles. The summed E-state index contributed by atoms with van der Waals surface area (Å²) in [6.07, 6.45) is 10.1. The van der Waals surface area contributed by atoms with Crippen molar-refractivity contribution < 1.29 is 4.74 Å². The minimum atomic E-state index is 0.187. The van der Waals surface area contributed by atoms with E-state index in [1.807, 2.05) is 12.1 Å². The Balaban J connectivity index is 1.49. The standard InChI is InChI=1S/C19H27NO/c1-21-17-4-2-16(3-5-17)18(20)12-19-9-13-6-14(10-19)8-15(7-13)11-19/h2-5,13-15,18H,6-12,20H2,1H3. The van der Waals surface area contributed by atoms with Crippen LogP contribution in [0, 0.1) is 23.2 Å². The molecular weight excluding hydrogens is 258 g/mol. The van der Waals surface area contributed by atoms with Gasteiger partial charge in [-0.1, -0.05) is 12.1 Å². The summed E-state index contributed by atoms with van der Waals surface area (Å²) in [4.78, 5) is 0. The second-order valence-corrected chi connectivity index (χ2v) is 8.00. The maximum atomic E-state index is 6.57. The van der Waals surface area contributed by atoms with Gasteiger partial charge in [0.05, 0.1) is 7.11 Å². The quantitative estimate of drug-likeness (QED) is 0.895. The number of rotatable bonds is 4. The molecule has 0 saturated heterocycles. The van der Waals surface area contributed by atoms with Crippen LogP contribution in [0.1, 0.15) is 56.6 Å². The minimum absolute atomic E-state index is 0.187. The lowest BCUT2D eigenvalue weighted by molar-refractivity contribution is -0.0605. The highest BCUT2D eigenvalue weighted by Crippen LogP contribution is 2.62. The maximum absolute atomic E-state index is 6.57. The van der Waals surface area contributed by atoms with Crippen molar-refractivity contribution in [2.45, 2.75) is 51.0 Å². The fourth-order valence-corrected chi connectivity index (χ4v) is 5.98. The highest BCUT2D eigenvalue weighted by atomic mass is 16.5. The van der Waals surface area contributed by atoms with Crippen LogP contribution in [0.5, 0.6) is 5.75 Å². The highest BCUT2D eigenvalue weighted by molar-refractivity contribution is 5.29. The Kier molecular flexibility index (Phi) is 3.25. The zero-order valence-electron chi connectivity index (χ0n) is 13.1. The van der Waals surface area contributed by atoms with E-state index in [0.717, 1.165) is 23.5 Å². The molecule has 0 radical (unpaired) electrons. The van der Waals surface area contributed by atoms with Gasteiger partial charge in [0.2, 0.25) is 0 Å². The normalized spacial score (nSPS) is 38.5. The number of methoxy groups -OCH3 is 1. The summed E-state index contributed by atoms with van der Waals surface area (Å²) in [5.74, 6) is 3.96. The van der Waals surface area contributed by atoms with E-state index in [2.05, 4.69) is 12.1 Å². The summed E-state index contributed by atoms with van der Waals surface area (Å²) in [5, 5.41) is 0. The molecule has 4 aliphatic carbocycles. The van der Waals surface area contributed by atoms with Gasteiger partial charge in [-0.3, -0.25) is 0 Å². The third-order valence-corrected chi connectivity index (χ3v) is 6.36. The molecule has 0 aliphatic heterocycles. The first kappa shape index (κ1) is 13.6. The van der Waals surface area contributed by atoms with Crippen LogP contribution in [0.3, 0.4) is 0 Å². The van der Waals surface area contributed by atoms with E-state index < -0.39 is 0 Å². The molecule has 0 spiro atoms. The zero-order valence-corrected chi connectivity index (χ0v) is 13.1. The highest BCUT2D eigenvalue weighted by Gasteiger charge is 2.51. The summed E-state index contributed by atoms with van der Waals surface area (Å²) in [6, 6.07) is 8.55. The predicted octanol–water partition coefficient (Wildman–Crippen LogP) is 4.30. The second-order valence-electron chi connectivity index (χ2n) is 8.00. The Morgan fingerprint density at radius 1 is 1.05 bits per heavy atom. The summed E-state index contributed by atoms with van der Waals surface area (Å²) in [6.45, 7) is 0. The Bertz CT molecular complexity index is 472. The molecule has 21 heavy (non-hydrogen) atoms. The minimum Gasteiger partial charge on any atom is -0.497 e. The van der Waals surface area contributed by atoms with E-state index in [0.29, 0.717) is 5.41 Å². The van der Waals surface area contributed by atoms with Crippen molar-refractivity contribution in [2.75, 3.05) is 7.11 Å². The van der Waals surface area contributed by atoms with Gasteiger partial charge in [-0.05, 0) is 85.8 Å². The smallest absolute Gasteiger partial charge is 0.118 e. The van der Waals surface area contributed by atoms with Crippen LogP contribution in [0.25, 0.3) is 0 Å². The fourth-order valence-electron chi connectivity index (χ4n) is 5.98. The van der Waals surface area contributed by atoms with Crippen molar-refractivity contribution >= 4 is 0 Å². The van der Waals surface area contributed by atoms with Crippen molar-refractivity contribution in [3.63, 3.8) is 0 Å². The van der Waals surface area contributed by atoms with E-state index in [4.69, 9.17) is 10.5 Å². The van der Waals surface area contributed by atoms with Crippen LogP contribution in [-0.2, 0) is 0 Å². The first-order valence-electron chi connectivity index (χ1n) is 8.55. The lowest BCUT2D eigenvalue weighted by Crippen LogP contribution is -2.47. The first-order chi connectivity index (χ1) is 10.2. The largest absolute Gasteiger partial charge is 0.497 e. The van der Waals surface area contributed by atoms with Crippen LogP contribution >= 0.6 is 0 Å². The first-order valence-corrected chi connectivity index (χ1v) is 8.55. The molecule has 114 valence electrons. The molecule has 0 heterocycles. The maximum Gasteiger partial charge on any atom is 0.118 e. The number of nitrogens with two attached hydrogens (primary N) is 1. The van der Waals surface area contributed by atoms with Gasteiger partial charge in [0.25, 0.3) is 0 Å². The molecule has 1 aromatic carbocycles. The molecule has 5 rings (SSSR count). The van der Waals surface area contributed by atoms with Crippen molar-refractivity contribution in [1.82, 2.24) is 0 Å². The van der Waals surface area contributed by atoms with E-state index in [1.165, 1.54) is 50.5 Å². The number of hydrogen-bond acceptors (Lipinski definition) is 2.